The Balaban J connectivity index is 2.21. The van der Waals surface area contributed by atoms with Crippen molar-refractivity contribution in [3.63, 3.8) is 0 Å². The lowest BCUT2D eigenvalue weighted by molar-refractivity contribution is 0.315. The third-order valence-corrected chi connectivity index (χ3v) is 2.79. The molecule has 0 saturated carbocycles. The molecule has 1 unspecified atom stereocenters. The summed E-state index contributed by atoms with van der Waals surface area (Å²) in [6.45, 7) is 7.87. The van der Waals surface area contributed by atoms with Crippen LogP contribution in [-0.2, 0) is 6.54 Å². The van der Waals surface area contributed by atoms with Crippen LogP contribution in [0.15, 0.2) is 11.2 Å². The molecule has 0 aliphatic heterocycles. The van der Waals surface area contributed by atoms with Gasteiger partial charge in [-0.1, -0.05) is 5.16 Å². The Labute approximate surface area is 108 Å². The van der Waals surface area contributed by atoms with Gasteiger partial charge in [-0.3, -0.25) is 4.68 Å². The number of amidine groups is 1. The Morgan fingerprint density at radius 2 is 2.33 bits per heavy atom. The van der Waals surface area contributed by atoms with Gasteiger partial charge in [-0.2, -0.15) is 5.10 Å². The number of rotatable bonds is 7. The SMILES string of the molecule is Cc1cc(C)n(CCCNC(C)C/C(N)=N/O)n1. The van der Waals surface area contributed by atoms with Crippen molar-refractivity contribution >= 4 is 5.84 Å². The van der Waals surface area contributed by atoms with Crippen molar-refractivity contribution in [3.8, 4) is 0 Å². The molecule has 0 aliphatic rings. The van der Waals surface area contributed by atoms with Crippen LogP contribution in [0.1, 0.15) is 31.2 Å². The van der Waals surface area contributed by atoms with E-state index in [9.17, 15) is 0 Å². The van der Waals surface area contributed by atoms with Crippen LogP contribution in [0, 0.1) is 13.8 Å². The van der Waals surface area contributed by atoms with Gasteiger partial charge in [0.15, 0.2) is 0 Å². The highest BCUT2D eigenvalue weighted by Crippen LogP contribution is 2.02. The maximum Gasteiger partial charge on any atom is 0.140 e. The van der Waals surface area contributed by atoms with Crippen molar-refractivity contribution in [2.45, 2.75) is 46.2 Å². The summed E-state index contributed by atoms with van der Waals surface area (Å²) in [7, 11) is 0. The van der Waals surface area contributed by atoms with Gasteiger partial charge in [-0.05, 0) is 39.8 Å². The topological polar surface area (TPSA) is 88.5 Å². The molecule has 6 nitrogen and oxygen atoms in total. The quantitative estimate of drug-likeness (QED) is 0.222. The van der Waals surface area contributed by atoms with E-state index in [0.717, 1.165) is 25.2 Å². The van der Waals surface area contributed by atoms with E-state index in [1.165, 1.54) is 5.69 Å². The van der Waals surface area contributed by atoms with Crippen LogP contribution in [0.5, 0.6) is 0 Å². The minimum Gasteiger partial charge on any atom is -0.409 e. The summed E-state index contributed by atoms with van der Waals surface area (Å²) in [5, 5.41) is 19.2. The molecule has 1 rings (SSSR count). The van der Waals surface area contributed by atoms with E-state index in [4.69, 9.17) is 10.9 Å². The standard InChI is InChI=1S/C12H23N5O/c1-9(8-12(13)16-18)14-5-4-6-17-11(3)7-10(2)15-17/h7,9,14,18H,4-6,8H2,1-3H3,(H2,13,16). The van der Waals surface area contributed by atoms with E-state index < -0.39 is 0 Å². The van der Waals surface area contributed by atoms with Gasteiger partial charge in [-0.15, -0.1) is 0 Å². The highest BCUT2D eigenvalue weighted by Gasteiger charge is 2.04. The molecule has 18 heavy (non-hydrogen) atoms. The molecule has 0 radical (unpaired) electrons. The molecule has 1 aromatic rings. The largest absolute Gasteiger partial charge is 0.409 e. The first-order chi connectivity index (χ1) is 8.52. The number of oxime groups is 1. The fourth-order valence-corrected chi connectivity index (χ4v) is 1.91. The molecule has 0 aliphatic carbocycles. The van der Waals surface area contributed by atoms with Gasteiger partial charge in [0.25, 0.3) is 0 Å². The Bertz CT molecular complexity index is 399. The molecule has 1 heterocycles. The summed E-state index contributed by atoms with van der Waals surface area (Å²) < 4.78 is 2.02. The van der Waals surface area contributed by atoms with Crippen molar-refractivity contribution in [2.24, 2.45) is 10.9 Å². The molecule has 0 amide bonds. The van der Waals surface area contributed by atoms with Crippen molar-refractivity contribution in [1.82, 2.24) is 15.1 Å². The zero-order valence-electron chi connectivity index (χ0n) is 11.3. The molecule has 1 atom stereocenters. The van der Waals surface area contributed by atoms with Gasteiger partial charge >= 0.3 is 0 Å². The second-order valence-corrected chi connectivity index (χ2v) is 4.65. The van der Waals surface area contributed by atoms with E-state index in [-0.39, 0.29) is 11.9 Å². The van der Waals surface area contributed by atoms with E-state index in [1.54, 1.807) is 0 Å². The summed E-state index contributed by atoms with van der Waals surface area (Å²) in [6, 6.07) is 2.29. The highest BCUT2D eigenvalue weighted by molar-refractivity contribution is 5.80. The number of hydrogen-bond acceptors (Lipinski definition) is 4. The third kappa shape index (κ3) is 4.75. The summed E-state index contributed by atoms with van der Waals surface area (Å²) in [5.41, 5.74) is 7.69. The molecule has 0 aromatic carbocycles. The van der Waals surface area contributed by atoms with Crippen LogP contribution >= 0.6 is 0 Å². The average molecular weight is 253 g/mol. The normalized spacial score (nSPS) is 13.8. The Hall–Kier alpha value is -1.56. The van der Waals surface area contributed by atoms with Gasteiger partial charge in [0, 0.05) is 24.7 Å². The fourth-order valence-electron chi connectivity index (χ4n) is 1.91. The van der Waals surface area contributed by atoms with Crippen molar-refractivity contribution in [1.29, 1.82) is 0 Å². The molecule has 6 heteroatoms. The van der Waals surface area contributed by atoms with Gasteiger partial charge in [-0.25, -0.2) is 0 Å². The van der Waals surface area contributed by atoms with E-state index in [1.807, 2.05) is 18.5 Å². The van der Waals surface area contributed by atoms with Gasteiger partial charge in [0.1, 0.15) is 5.84 Å². The predicted molar refractivity (Wildman–Crippen MR) is 71.8 cm³/mol. The minimum absolute atomic E-state index is 0.210. The number of nitrogens with two attached hydrogens (primary N) is 1. The highest BCUT2D eigenvalue weighted by atomic mass is 16.4. The molecule has 0 bridgehead atoms. The van der Waals surface area contributed by atoms with Crippen molar-refractivity contribution in [2.75, 3.05) is 6.54 Å². The maximum atomic E-state index is 8.46. The monoisotopic (exact) mass is 253 g/mol. The summed E-state index contributed by atoms with van der Waals surface area (Å²) >= 11 is 0. The number of nitrogens with zero attached hydrogens (tertiary/aromatic N) is 3. The number of hydrogen-bond donors (Lipinski definition) is 3. The average Bonchev–Trinajstić information content (AvgIpc) is 2.63. The maximum absolute atomic E-state index is 8.46. The Kier molecular flexibility index (Phi) is 5.64. The van der Waals surface area contributed by atoms with Gasteiger partial charge < -0.3 is 16.3 Å². The van der Waals surface area contributed by atoms with Crippen molar-refractivity contribution in [3.05, 3.63) is 17.5 Å². The molecule has 0 spiro atoms. The Morgan fingerprint density at radius 1 is 1.61 bits per heavy atom. The molecule has 4 N–H and O–H groups in total. The molecule has 0 fully saturated rings. The van der Waals surface area contributed by atoms with Crippen LogP contribution in [0.4, 0.5) is 0 Å². The lowest BCUT2D eigenvalue weighted by Gasteiger charge is -2.12. The molecular formula is C12H23N5O. The second kappa shape index (κ2) is 7.00. The van der Waals surface area contributed by atoms with E-state index >= 15 is 0 Å². The minimum atomic E-state index is 0.210. The second-order valence-electron chi connectivity index (χ2n) is 4.65. The zero-order valence-corrected chi connectivity index (χ0v) is 11.3. The first kappa shape index (κ1) is 14.5. The number of aromatic nitrogens is 2. The van der Waals surface area contributed by atoms with Crippen LogP contribution < -0.4 is 11.1 Å². The fraction of sp³-hybridized carbons (Fsp3) is 0.667. The van der Waals surface area contributed by atoms with Crippen molar-refractivity contribution < 1.29 is 5.21 Å². The summed E-state index contributed by atoms with van der Waals surface area (Å²) in [5.74, 6) is 0.258. The number of aryl methyl sites for hydroxylation is 3. The van der Waals surface area contributed by atoms with E-state index in [2.05, 4.69) is 28.6 Å². The van der Waals surface area contributed by atoms with Crippen LogP contribution in [-0.4, -0.2) is 33.4 Å². The first-order valence-electron chi connectivity index (χ1n) is 6.23. The lowest BCUT2D eigenvalue weighted by Crippen LogP contribution is -2.32. The number of nitrogens with one attached hydrogen (secondary N) is 1. The Morgan fingerprint density at radius 3 is 2.89 bits per heavy atom. The van der Waals surface area contributed by atoms with Gasteiger partial charge in [0.2, 0.25) is 0 Å². The van der Waals surface area contributed by atoms with Crippen LogP contribution in [0.2, 0.25) is 0 Å². The zero-order chi connectivity index (χ0) is 13.5. The molecule has 1 aromatic heterocycles. The summed E-state index contributed by atoms with van der Waals surface area (Å²) in [6.07, 6.45) is 1.55. The first-order valence-corrected chi connectivity index (χ1v) is 6.23. The van der Waals surface area contributed by atoms with Crippen LogP contribution in [0.3, 0.4) is 0 Å². The molecule has 102 valence electrons. The smallest absolute Gasteiger partial charge is 0.140 e. The molecule has 0 saturated heterocycles. The molecular weight excluding hydrogens is 230 g/mol. The van der Waals surface area contributed by atoms with Crippen LogP contribution in [0.25, 0.3) is 0 Å². The predicted octanol–water partition coefficient (Wildman–Crippen LogP) is 1.00. The summed E-state index contributed by atoms with van der Waals surface area (Å²) in [4.78, 5) is 0. The lowest BCUT2D eigenvalue weighted by atomic mass is 10.2. The van der Waals surface area contributed by atoms with E-state index in [0.29, 0.717) is 6.42 Å². The van der Waals surface area contributed by atoms with Gasteiger partial charge in [0.05, 0.1) is 5.69 Å². The third-order valence-electron chi connectivity index (χ3n) is 2.79.